The molecule has 23 heavy (non-hydrogen) atoms. The second-order valence-electron chi connectivity index (χ2n) is 5.50. The summed E-state index contributed by atoms with van der Waals surface area (Å²) in [6.45, 7) is 3.87. The Hall–Kier alpha value is -2.89. The third kappa shape index (κ3) is 3.01. The highest BCUT2D eigenvalue weighted by atomic mass is 16.1. The van der Waals surface area contributed by atoms with Gasteiger partial charge in [0.1, 0.15) is 5.82 Å². The lowest BCUT2D eigenvalue weighted by molar-refractivity contribution is 0.102. The zero-order valence-corrected chi connectivity index (χ0v) is 13.4. The van der Waals surface area contributed by atoms with Crippen LogP contribution in [0.15, 0.2) is 48.8 Å². The van der Waals surface area contributed by atoms with Crippen LogP contribution in [0.1, 0.15) is 34.6 Å². The first-order chi connectivity index (χ1) is 11.1. The van der Waals surface area contributed by atoms with E-state index in [0.29, 0.717) is 17.1 Å². The summed E-state index contributed by atoms with van der Waals surface area (Å²) in [5.41, 5.74) is 2.39. The van der Waals surface area contributed by atoms with E-state index in [1.807, 2.05) is 44.2 Å². The summed E-state index contributed by atoms with van der Waals surface area (Å²) >= 11 is 0. The van der Waals surface area contributed by atoms with Crippen LogP contribution < -0.4 is 5.32 Å². The van der Waals surface area contributed by atoms with Crippen molar-refractivity contribution in [2.24, 2.45) is 7.05 Å². The molecule has 2 aromatic heterocycles. The number of carbonyl (C=O) groups excluding carboxylic acids is 1. The van der Waals surface area contributed by atoms with Gasteiger partial charge in [-0.1, -0.05) is 30.3 Å². The fourth-order valence-corrected chi connectivity index (χ4v) is 2.60. The maximum absolute atomic E-state index is 12.5. The summed E-state index contributed by atoms with van der Waals surface area (Å²) in [6, 6.07) is 11.9. The lowest BCUT2D eigenvalue weighted by Crippen LogP contribution is -2.18. The number of aryl methyl sites for hydroxylation is 2. The van der Waals surface area contributed by atoms with Crippen LogP contribution in [-0.2, 0) is 7.05 Å². The Kier molecular flexibility index (Phi) is 3.97. The summed E-state index contributed by atoms with van der Waals surface area (Å²) < 4.78 is 3.44. The Morgan fingerprint density at radius 1 is 1.22 bits per heavy atom. The molecule has 1 aromatic carbocycles. The minimum Gasteiger partial charge on any atom is -0.307 e. The molecule has 1 N–H and O–H groups in total. The molecule has 0 aliphatic carbocycles. The van der Waals surface area contributed by atoms with Crippen LogP contribution in [0.5, 0.6) is 0 Å². The van der Waals surface area contributed by atoms with Gasteiger partial charge < -0.3 is 5.32 Å². The number of aromatic nitrogens is 4. The first-order valence-electron chi connectivity index (χ1n) is 7.46. The highest BCUT2D eigenvalue weighted by Crippen LogP contribution is 2.21. The van der Waals surface area contributed by atoms with Crippen molar-refractivity contribution in [3.05, 3.63) is 65.6 Å². The highest BCUT2D eigenvalue weighted by molar-refractivity contribution is 6.04. The van der Waals surface area contributed by atoms with Crippen LogP contribution >= 0.6 is 0 Å². The molecule has 0 spiro atoms. The van der Waals surface area contributed by atoms with Gasteiger partial charge in [0.05, 0.1) is 23.5 Å². The van der Waals surface area contributed by atoms with E-state index in [4.69, 9.17) is 0 Å². The maximum Gasteiger partial charge on any atom is 0.260 e. The smallest absolute Gasteiger partial charge is 0.260 e. The maximum atomic E-state index is 12.5. The van der Waals surface area contributed by atoms with Crippen molar-refractivity contribution in [2.75, 3.05) is 5.32 Å². The van der Waals surface area contributed by atoms with Gasteiger partial charge in [-0.3, -0.25) is 9.48 Å². The number of rotatable bonds is 4. The van der Waals surface area contributed by atoms with Crippen LogP contribution in [0.25, 0.3) is 0 Å². The average Bonchev–Trinajstić information content (AvgIpc) is 3.13. The number of nitrogens with one attached hydrogen (secondary N) is 1. The number of amides is 1. The van der Waals surface area contributed by atoms with Crippen molar-refractivity contribution in [1.29, 1.82) is 0 Å². The Bertz CT molecular complexity index is 819. The zero-order valence-electron chi connectivity index (χ0n) is 13.4. The van der Waals surface area contributed by atoms with Crippen molar-refractivity contribution < 1.29 is 4.79 Å². The summed E-state index contributed by atoms with van der Waals surface area (Å²) in [7, 11) is 1.80. The Balaban J connectivity index is 1.84. The summed E-state index contributed by atoms with van der Waals surface area (Å²) in [5, 5.41) is 11.5. The van der Waals surface area contributed by atoms with Gasteiger partial charge in [0.25, 0.3) is 5.91 Å². The number of hydrogen-bond donors (Lipinski definition) is 1. The van der Waals surface area contributed by atoms with E-state index < -0.39 is 0 Å². The minimum absolute atomic E-state index is 0.0245. The fourth-order valence-electron chi connectivity index (χ4n) is 2.60. The molecular formula is C17H19N5O. The summed E-state index contributed by atoms with van der Waals surface area (Å²) in [4.78, 5) is 12.5. The zero-order chi connectivity index (χ0) is 16.4. The molecule has 0 saturated carbocycles. The van der Waals surface area contributed by atoms with Gasteiger partial charge in [0, 0.05) is 19.3 Å². The highest BCUT2D eigenvalue weighted by Gasteiger charge is 2.17. The van der Waals surface area contributed by atoms with Crippen LogP contribution in [0.2, 0.25) is 0 Å². The number of anilines is 1. The van der Waals surface area contributed by atoms with E-state index >= 15 is 0 Å². The predicted octanol–water partition coefficient (Wildman–Crippen LogP) is 2.79. The molecule has 0 aliphatic heterocycles. The number of nitrogens with zero attached hydrogens (tertiary/aromatic N) is 4. The van der Waals surface area contributed by atoms with E-state index in [0.717, 1.165) is 5.56 Å². The molecule has 0 saturated heterocycles. The fraction of sp³-hybridized carbons (Fsp3) is 0.235. The van der Waals surface area contributed by atoms with Crippen molar-refractivity contribution in [1.82, 2.24) is 19.6 Å². The largest absolute Gasteiger partial charge is 0.307 e. The van der Waals surface area contributed by atoms with Gasteiger partial charge in [-0.2, -0.15) is 10.2 Å². The molecule has 1 atom stereocenters. The standard InChI is InChI=1S/C17H19N5O/c1-12-15(11-21(3)20-12)17(23)19-16-9-10-18-22(16)13(2)14-7-5-4-6-8-14/h4-11,13H,1-3H3,(H,19,23). The molecule has 1 unspecified atom stereocenters. The Morgan fingerprint density at radius 3 is 2.61 bits per heavy atom. The number of carbonyl (C=O) groups is 1. The van der Waals surface area contributed by atoms with Crippen molar-refractivity contribution in [3.63, 3.8) is 0 Å². The van der Waals surface area contributed by atoms with E-state index in [1.54, 1.807) is 34.9 Å². The minimum atomic E-state index is -0.183. The Labute approximate surface area is 134 Å². The number of benzene rings is 1. The molecule has 3 aromatic rings. The second-order valence-corrected chi connectivity index (χ2v) is 5.50. The summed E-state index contributed by atoms with van der Waals surface area (Å²) in [5.74, 6) is 0.479. The van der Waals surface area contributed by atoms with Crippen LogP contribution in [0, 0.1) is 6.92 Å². The van der Waals surface area contributed by atoms with Crippen LogP contribution in [-0.4, -0.2) is 25.5 Å². The molecule has 118 valence electrons. The predicted molar refractivity (Wildman–Crippen MR) is 88.4 cm³/mol. The molecule has 0 fully saturated rings. The molecule has 0 bridgehead atoms. The Morgan fingerprint density at radius 2 is 1.96 bits per heavy atom. The van der Waals surface area contributed by atoms with Gasteiger partial charge in [0.15, 0.2) is 0 Å². The lowest BCUT2D eigenvalue weighted by Gasteiger charge is -2.16. The quantitative estimate of drug-likeness (QED) is 0.806. The SMILES string of the molecule is Cc1nn(C)cc1C(=O)Nc1ccnn1C(C)c1ccccc1. The van der Waals surface area contributed by atoms with Gasteiger partial charge in [-0.05, 0) is 19.4 Å². The van der Waals surface area contributed by atoms with Gasteiger partial charge in [-0.15, -0.1) is 0 Å². The average molecular weight is 309 g/mol. The van der Waals surface area contributed by atoms with Gasteiger partial charge >= 0.3 is 0 Å². The van der Waals surface area contributed by atoms with Crippen molar-refractivity contribution in [2.45, 2.75) is 19.9 Å². The van der Waals surface area contributed by atoms with Crippen molar-refractivity contribution >= 4 is 11.7 Å². The molecule has 0 aliphatic rings. The van der Waals surface area contributed by atoms with E-state index in [-0.39, 0.29) is 11.9 Å². The monoisotopic (exact) mass is 309 g/mol. The van der Waals surface area contributed by atoms with Crippen LogP contribution in [0.3, 0.4) is 0 Å². The molecule has 6 nitrogen and oxygen atoms in total. The van der Waals surface area contributed by atoms with Crippen molar-refractivity contribution in [3.8, 4) is 0 Å². The van der Waals surface area contributed by atoms with E-state index in [2.05, 4.69) is 15.5 Å². The third-order valence-corrected chi connectivity index (χ3v) is 3.82. The lowest BCUT2D eigenvalue weighted by atomic mass is 10.1. The first kappa shape index (κ1) is 15.0. The second kappa shape index (κ2) is 6.08. The molecule has 0 radical (unpaired) electrons. The third-order valence-electron chi connectivity index (χ3n) is 3.82. The molecule has 1 amide bonds. The number of hydrogen-bond acceptors (Lipinski definition) is 3. The van der Waals surface area contributed by atoms with Crippen LogP contribution in [0.4, 0.5) is 5.82 Å². The summed E-state index contributed by atoms with van der Waals surface area (Å²) in [6.07, 6.45) is 3.40. The topological polar surface area (TPSA) is 64.7 Å². The van der Waals surface area contributed by atoms with Gasteiger partial charge in [-0.25, -0.2) is 4.68 Å². The van der Waals surface area contributed by atoms with E-state index in [9.17, 15) is 4.79 Å². The first-order valence-corrected chi connectivity index (χ1v) is 7.46. The normalized spacial score (nSPS) is 12.1. The van der Waals surface area contributed by atoms with Gasteiger partial charge in [0.2, 0.25) is 0 Å². The molecule has 2 heterocycles. The molecule has 6 heteroatoms. The molecular weight excluding hydrogens is 290 g/mol. The van der Waals surface area contributed by atoms with E-state index in [1.165, 1.54) is 0 Å². The molecule has 3 rings (SSSR count).